The van der Waals surface area contributed by atoms with Crippen LogP contribution in [-0.2, 0) is 20.0 Å². The third-order valence-electron chi connectivity index (χ3n) is 3.36. The van der Waals surface area contributed by atoms with E-state index in [2.05, 4.69) is 39.8 Å². The van der Waals surface area contributed by atoms with Gasteiger partial charge in [-0.3, -0.25) is 9.48 Å². The lowest BCUT2D eigenvalue weighted by Gasteiger charge is -2.28. The van der Waals surface area contributed by atoms with Crippen molar-refractivity contribution in [2.45, 2.75) is 13.0 Å². The summed E-state index contributed by atoms with van der Waals surface area (Å²) in [4.78, 5) is 14.3. The Morgan fingerprint density at radius 3 is 2.95 bits per heavy atom. The molecule has 19 heavy (non-hydrogen) atoms. The maximum atomic E-state index is 12.5. The first kappa shape index (κ1) is 12.7. The standard InChI is InChI=1S/C14H14IN3O/c1-17-6-5-12(16-17)9-18-7-4-10-2-3-11(15)8-13(10)14(18)19/h2-3,5-6,8H,4,7,9H2,1H3. The molecule has 2 heterocycles. The van der Waals surface area contributed by atoms with Crippen molar-refractivity contribution in [1.82, 2.24) is 14.7 Å². The van der Waals surface area contributed by atoms with Crippen LogP contribution < -0.4 is 0 Å². The molecular weight excluding hydrogens is 353 g/mol. The summed E-state index contributed by atoms with van der Waals surface area (Å²) in [6.45, 7) is 1.35. The monoisotopic (exact) mass is 367 g/mol. The van der Waals surface area contributed by atoms with Crippen molar-refractivity contribution < 1.29 is 4.79 Å². The summed E-state index contributed by atoms with van der Waals surface area (Å²) >= 11 is 2.24. The summed E-state index contributed by atoms with van der Waals surface area (Å²) in [5, 5.41) is 4.33. The van der Waals surface area contributed by atoms with Crippen LogP contribution in [0.1, 0.15) is 21.6 Å². The number of nitrogens with zero attached hydrogens (tertiary/aromatic N) is 3. The Hall–Kier alpha value is -1.37. The fourth-order valence-corrected chi connectivity index (χ4v) is 2.88. The van der Waals surface area contributed by atoms with Gasteiger partial charge in [0, 0.05) is 28.9 Å². The first-order valence-electron chi connectivity index (χ1n) is 6.20. The predicted molar refractivity (Wildman–Crippen MR) is 80.8 cm³/mol. The van der Waals surface area contributed by atoms with Gasteiger partial charge in [-0.2, -0.15) is 5.10 Å². The minimum absolute atomic E-state index is 0.116. The fraction of sp³-hybridized carbons (Fsp3) is 0.286. The van der Waals surface area contributed by atoms with Crippen molar-refractivity contribution in [3.8, 4) is 0 Å². The van der Waals surface area contributed by atoms with Crippen molar-refractivity contribution in [3.63, 3.8) is 0 Å². The molecule has 0 N–H and O–H groups in total. The highest BCUT2D eigenvalue weighted by Crippen LogP contribution is 2.22. The SMILES string of the molecule is Cn1ccc(CN2CCc3ccc(I)cc3C2=O)n1. The third kappa shape index (κ3) is 2.51. The number of halogens is 1. The van der Waals surface area contributed by atoms with Crippen LogP contribution in [0.2, 0.25) is 0 Å². The topological polar surface area (TPSA) is 38.1 Å². The van der Waals surface area contributed by atoms with E-state index in [1.807, 2.05) is 30.3 Å². The van der Waals surface area contributed by atoms with Gasteiger partial charge in [0.2, 0.25) is 0 Å². The van der Waals surface area contributed by atoms with Gasteiger partial charge in [0.1, 0.15) is 0 Å². The van der Waals surface area contributed by atoms with E-state index in [-0.39, 0.29) is 5.91 Å². The smallest absolute Gasteiger partial charge is 0.254 e. The van der Waals surface area contributed by atoms with Gasteiger partial charge in [-0.05, 0) is 52.8 Å². The van der Waals surface area contributed by atoms with Gasteiger partial charge in [-0.25, -0.2) is 0 Å². The van der Waals surface area contributed by atoms with Crippen LogP contribution >= 0.6 is 22.6 Å². The van der Waals surface area contributed by atoms with Crippen molar-refractivity contribution in [2.75, 3.05) is 6.54 Å². The van der Waals surface area contributed by atoms with Crippen molar-refractivity contribution in [2.24, 2.45) is 7.05 Å². The predicted octanol–water partition coefficient (Wildman–Crippen LogP) is 2.22. The minimum atomic E-state index is 0.116. The summed E-state index contributed by atoms with van der Waals surface area (Å²) < 4.78 is 2.87. The number of amides is 1. The van der Waals surface area contributed by atoms with Gasteiger partial charge in [0.25, 0.3) is 5.91 Å². The van der Waals surface area contributed by atoms with Gasteiger partial charge in [-0.1, -0.05) is 6.07 Å². The zero-order chi connectivity index (χ0) is 13.4. The summed E-state index contributed by atoms with van der Waals surface area (Å²) in [5.74, 6) is 0.116. The largest absolute Gasteiger partial charge is 0.332 e. The lowest BCUT2D eigenvalue weighted by atomic mass is 9.99. The number of fused-ring (bicyclic) bond motifs is 1. The highest BCUT2D eigenvalue weighted by molar-refractivity contribution is 14.1. The average molecular weight is 367 g/mol. The van der Waals surface area contributed by atoms with E-state index in [0.29, 0.717) is 6.54 Å². The summed E-state index contributed by atoms with van der Waals surface area (Å²) in [7, 11) is 1.89. The van der Waals surface area contributed by atoms with E-state index in [1.165, 1.54) is 0 Å². The second kappa shape index (κ2) is 4.96. The Morgan fingerprint density at radius 1 is 1.37 bits per heavy atom. The zero-order valence-corrected chi connectivity index (χ0v) is 12.8. The zero-order valence-electron chi connectivity index (χ0n) is 10.6. The number of rotatable bonds is 2. The molecule has 1 aromatic heterocycles. The normalized spacial score (nSPS) is 14.6. The molecule has 5 heteroatoms. The molecule has 1 amide bonds. The number of aryl methyl sites for hydroxylation is 1. The van der Waals surface area contributed by atoms with Crippen LogP contribution in [0.25, 0.3) is 0 Å². The number of carbonyl (C=O) groups excluding carboxylic acids is 1. The van der Waals surface area contributed by atoms with E-state index in [0.717, 1.165) is 33.4 Å². The number of carbonyl (C=O) groups is 1. The molecule has 0 aliphatic carbocycles. The summed E-state index contributed by atoms with van der Waals surface area (Å²) in [5.41, 5.74) is 2.93. The molecule has 0 unspecified atom stereocenters. The van der Waals surface area contributed by atoms with Gasteiger partial charge in [-0.15, -0.1) is 0 Å². The Labute approximate surface area is 125 Å². The Morgan fingerprint density at radius 2 is 2.21 bits per heavy atom. The molecule has 0 saturated heterocycles. The maximum absolute atomic E-state index is 12.5. The molecule has 1 aromatic carbocycles. The van der Waals surface area contributed by atoms with E-state index in [1.54, 1.807) is 4.68 Å². The Balaban J connectivity index is 1.85. The van der Waals surface area contributed by atoms with Crippen LogP contribution in [0.5, 0.6) is 0 Å². The third-order valence-corrected chi connectivity index (χ3v) is 4.03. The molecule has 0 saturated carbocycles. The van der Waals surface area contributed by atoms with Crippen LogP contribution in [0.4, 0.5) is 0 Å². The fourth-order valence-electron chi connectivity index (χ4n) is 2.39. The molecule has 0 radical (unpaired) electrons. The maximum Gasteiger partial charge on any atom is 0.254 e. The number of hydrogen-bond acceptors (Lipinski definition) is 2. The Kier molecular flexibility index (Phi) is 3.30. The molecule has 98 valence electrons. The first-order chi connectivity index (χ1) is 9.13. The molecule has 4 nitrogen and oxygen atoms in total. The van der Waals surface area contributed by atoms with Gasteiger partial charge in [0.05, 0.1) is 12.2 Å². The quantitative estimate of drug-likeness (QED) is 0.764. The van der Waals surface area contributed by atoms with Crippen LogP contribution in [0.15, 0.2) is 30.5 Å². The second-order valence-electron chi connectivity index (χ2n) is 4.76. The first-order valence-corrected chi connectivity index (χ1v) is 7.27. The molecule has 1 aliphatic heterocycles. The van der Waals surface area contributed by atoms with Gasteiger partial charge >= 0.3 is 0 Å². The van der Waals surface area contributed by atoms with E-state index in [4.69, 9.17) is 0 Å². The highest BCUT2D eigenvalue weighted by atomic mass is 127. The van der Waals surface area contributed by atoms with Crippen LogP contribution in [0, 0.1) is 3.57 Å². The van der Waals surface area contributed by atoms with E-state index >= 15 is 0 Å². The van der Waals surface area contributed by atoms with Gasteiger partial charge in [0.15, 0.2) is 0 Å². The van der Waals surface area contributed by atoms with Crippen LogP contribution in [-0.4, -0.2) is 27.1 Å². The summed E-state index contributed by atoms with van der Waals surface area (Å²) in [6.07, 6.45) is 2.82. The number of hydrogen-bond donors (Lipinski definition) is 0. The lowest BCUT2D eigenvalue weighted by molar-refractivity contribution is 0.0724. The van der Waals surface area contributed by atoms with E-state index in [9.17, 15) is 4.79 Å². The van der Waals surface area contributed by atoms with Crippen molar-refractivity contribution in [1.29, 1.82) is 0 Å². The molecule has 0 spiro atoms. The molecule has 1 aliphatic rings. The van der Waals surface area contributed by atoms with E-state index < -0.39 is 0 Å². The molecule has 0 atom stereocenters. The van der Waals surface area contributed by atoms with Crippen molar-refractivity contribution in [3.05, 3.63) is 50.9 Å². The number of benzene rings is 1. The molecule has 0 bridgehead atoms. The summed E-state index contributed by atoms with van der Waals surface area (Å²) in [6, 6.07) is 8.05. The Bertz CT molecular complexity index is 635. The average Bonchev–Trinajstić information content (AvgIpc) is 2.79. The molecule has 0 fully saturated rings. The second-order valence-corrected chi connectivity index (χ2v) is 6.00. The molecule has 3 rings (SSSR count). The molecular formula is C14H14IN3O. The number of aromatic nitrogens is 2. The van der Waals surface area contributed by atoms with Gasteiger partial charge < -0.3 is 4.90 Å². The van der Waals surface area contributed by atoms with Crippen LogP contribution in [0.3, 0.4) is 0 Å². The lowest BCUT2D eigenvalue weighted by Crippen LogP contribution is -2.37. The molecule has 2 aromatic rings. The highest BCUT2D eigenvalue weighted by Gasteiger charge is 2.24. The van der Waals surface area contributed by atoms with Crippen molar-refractivity contribution >= 4 is 28.5 Å². The minimum Gasteiger partial charge on any atom is -0.332 e.